The van der Waals surface area contributed by atoms with E-state index in [1.165, 1.54) is 17.3 Å². The number of anilines is 1. The lowest BCUT2D eigenvalue weighted by Gasteiger charge is -2.30. The number of nitrogens with two attached hydrogens (primary N) is 1. The Labute approximate surface area is 204 Å². The highest BCUT2D eigenvalue weighted by atomic mass is 32.2. The van der Waals surface area contributed by atoms with E-state index in [4.69, 9.17) is 10.2 Å². The normalized spacial score (nSPS) is 14.7. The van der Waals surface area contributed by atoms with Gasteiger partial charge in [-0.2, -0.15) is 0 Å². The number of nitrogens with zero attached hydrogens (tertiary/aromatic N) is 2. The quantitative estimate of drug-likeness (QED) is 0.458. The van der Waals surface area contributed by atoms with Crippen molar-refractivity contribution >= 4 is 29.3 Å². The summed E-state index contributed by atoms with van der Waals surface area (Å²) in [5, 5.41) is 2.95. The van der Waals surface area contributed by atoms with Crippen molar-refractivity contribution in [3.63, 3.8) is 0 Å². The maximum Gasteiger partial charge on any atom is 0.234 e. The maximum absolute atomic E-state index is 12.3. The summed E-state index contributed by atoms with van der Waals surface area (Å²) in [7, 11) is 0. The van der Waals surface area contributed by atoms with Crippen LogP contribution in [0.15, 0.2) is 65.3 Å². The smallest absolute Gasteiger partial charge is 0.234 e. The summed E-state index contributed by atoms with van der Waals surface area (Å²) < 4.78 is 5.54. The third kappa shape index (κ3) is 6.95. The number of oxazole rings is 1. The summed E-state index contributed by atoms with van der Waals surface area (Å²) >= 11 is 1.50. The lowest BCUT2D eigenvalue weighted by atomic mass is 9.96. The number of benzene rings is 2. The second-order valence-corrected chi connectivity index (χ2v) is 9.50. The number of hydrogen-bond acceptors (Lipinski definition) is 6. The summed E-state index contributed by atoms with van der Waals surface area (Å²) in [6.45, 7) is 2.80. The van der Waals surface area contributed by atoms with Gasteiger partial charge < -0.3 is 20.4 Å². The first kappa shape index (κ1) is 24.0. The number of primary amides is 1. The van der Waals surface area contributed by atoms with Crippen molar-refractivity contribution in [1.29, 1.82) is 0 Å². The van der Waals surface area contributed by atoms with E-state index in [9.17, 15) is 9.59 Å². The molecule has 0 aliphatic carbocycles. The van der Waals surface area contributed by atoms with Crippen molar-refractivity contribution in [2.24, 2.45) is 11.7 Å². The van der Waals surface area contributed by atoms with Crippen molar-refractivity contribution in [2.75, 3.05) is 30.7 Å². The topological polar surface area (TPSA) is 101 Å². The molecule has 1 aromatic heterocycles. The number of nitrogens with one attached hydrogen (secondary N) is 1. The van der Waals surface area contributed by atoms with Crippen LogP contribution < -0.4 is 11.1 Å². The van der Waals surface area contributed by atoms with Crippen molar-refractivity contribution in [3.05, 3.63) is 72.1 Å². The molecule has 0 radical (unpaired) electrons. The number of carbonyl (C=O) groups is 2. The Morgan fingerprint density at radius 1 is 1.09 bits per heavy atom. The standard InChI is InChI=1S/C26H30N4O3S/c27-25(32)20-11-14-30(15-12-20)13-10-19-6-8-22(9-7-19)28-24(31)18-34-17-23-16-33-26(29-23)21-4-2-1-3-5-21/h1-9,16,20H,10-15,17-18H2,(H2,27,32)(H,28,31). The molecular weight excluding hydrogens is 448 g/mol. The number of aromatic nitrogens is 1. The molecule has 0 atom stereocenters. The lowest BCUT2D eigenvalue weighted by molar-refractivity contribution is -0.123. The zero-order valence-electron chi connectivity index (χ0n) is 19.1. The van der Waals surface area contributed by atoms with E-state index < -0.39 is 0 Å². The Balaban J connectivity index is 1.15. The van der Waals surface area contributed by atoms with Gasteiger partial charge >= 0.3 is 0 Å². The van der Waals surface area contributed by atoms with Crippen LogP contribution in [0.5, 0.6) is 0 Å². The minimum absolute atomic E-state index is 0.0278. The predicted molar refractivity (Wildman–Crippen MR) is 135 cm³/mol. The molecule has 8 heteroatoms. The highest BCUT2D eigenvalue weighted by molar-refractivity contribution is 7.99. The van der Waals surface area contributed by atoms with Gasteiger partial charge in [0, 0.05) is 29.5 Å². The summed E-state index contributed by atoms with van der Waals surface area (Å²) in [6.07, 6.45) is 4.28. The van der Waals surface area contributed by atoms with Crippen molar-refractivity contribution in [2.45, 2.75) is 25.0 Å². The van der Waals surface area contributed by atoms with Crippen LogP contribution in [-0.4, -0.2) is 47.1 Å². The predicted octanol–water partition coefficient (Wildman–Crippen LogP) is 3.95. The molecule has 2 heterocycles. The molecule has 0 bridgehead atoms. The van der Waals surface area contributed by atoms with E-state index in [1.54, 1.807) is 6.26 Å². The second kappa shape index (κ2) is 11.9. The number of amides is 2. The first-order valence-corrected chi connectivity index (χ1v) is 12.7. The molecule has 1 fully saturated rings. The van der Waals surface area contributed by atoms with Crippen LogP contribution >= 0.6 is 11.8 Å². The fourth-order valence-corrected chi connectivity index (χ4v) is 4.72. The molecule has 3 N–H and O–H groups in total. The second-order valence-electron chi connectivity index (χ2n) is 8.52. The average Bonchev–Trinajstić information content (AvgIpc) is 3.33. The van der Waals surface area contributed by atoms with E-state index >= 15 is 0 Å². The summed E-state index contributed by atoms with van der Waals surface area (Å²) in [5.41, 5.74) is 9.18. The molecule has 4 rings (SSSR count). The van der Waals surface area contributed by atoms with E-state index in [0.29, 0.717) is 17.4 Å². The molecule has 1 aliphatic rings. The van der Waals surface area contributed by atoms with Gasteiger partial charge in [0.2, 0.25) is 17.7 Å². The summed E-state index contributed by atoms with van der Waals surface area (Å²) in [4.78, 5) is 30.5. The molecule has 1 saturated heterocycles. The van der Waals surface area contributed by atoms with E-state index in [-0.39, 0.29) is 17.7 Å². The van der Waals surface area contributed by atoms with Crippen LogP contribution in [0, 0.1) is 5.92 Å². The zero-order chi connectivity index (χ0) is 23.8. The summed E-state index contributed by atoms with van der Waals surface area (Å²) in [5.74, 6) is 1.36. The van der Waals surface area contributed by atoms with Crippen LogP contribution in [0.25, 0.3) is 11.5 Å². The van der Waals surface area contributed by atoms with Gasteiger partial charge in [-0.05, 0) is 62.2 Å². The van der Waals surface area contributed by atoms with Gasteiger partial charge in [0.05, 0.1) is 11.4 Å². The van der Waals surface area contributed by atoms with Crippen molar-refractivity contribution in [1.82, 2.24) is 9.88 Å². The highest BCUT2D eigenvalue weighted by Gasteiger charge is 2.22. The first-order valence-electron chi connectivity index (χ1n) is 11.5. The van der Waals surface area contributed by atoms with Crippen molar-refractivity contribution < 1.29 is 14.0 Å². The molecule has 178 valence electrons. The Morgan fingerprint density at radius 2 is 1.82 bits per heavy atom. The molecule has 3 aromatic rings. The van der Waals surface area contributed by atoms with Gasteiger partial charge in [0.1, 0.15) is 6.26 Å². The molecule has 0 unspecified atom stereocenters. The molecule has 2 amide bonds. The first-order chi connectivity index (χ1) is 16.6. The maximum atomic E-state index is 12.3. The van der Waals surface area contributed by atoms with E-state index in [2.05, 4.69) is 27.3 Å². The average molecular weight is 479 g/mol. The highest BCUT2D eigenvalue weighted by Crippen LogP contribution is 2.21. The molecule has 0 spiro atoms. The third-order valence-electron chi connectivity index (χ3n) is 6.00. The van der Waals surface area contributed by atoms with Gasteiger partial charge in [0.15, 0.2) is 0 Å². The minimum atomic E-state index is -0.175. The number of rotatable bonds is 10. The fourth-order valence-electron chi connectivity index (χ4n) is 4.02. The van der Waals surface area contributed by atoms with Gasteiger partial charge in [-0.1, -0.05) is 30.3 Å². The number of carbonyl (C=O) groups excluding carboxylic acids is 2. The molecule has 7 nitrogen and oxygen atoms in total. The van der Waals surface area contributed by atoms with Crippen LogP contribution in [0.1, 0.15) is 24.1 Å². The van der Waals surface area contributed by atoms with Crippen LogP contribution in [0.4, 0.5) is 5.69 Å². The lowest BCUT2D eigenvalue weighted by Crippen LogP contribution is -2.39. The van der Waals surface area contributed by atoms with Gasteiger partial charge in [0.25, 0.3) is 0 Å². The third-order valence-corrected chi connectivity index (χ3v) is 6.97. The van der Waals surface area contributed by atoms with E-state index in [1.807, 2.05) is 42.5 Å². The summed E-state index contributed by atoms with van der Waals surface area (Å²) in [6, 6.07) is 17.8. The Kier molecular flexibility index (Phi) is 8.38. The molecule has 34 heavy (non-hydrogen) atoms. The fraction of sp³-hybridized carbons (Fsp3) is 0.346. The number of hydrogen-bond donors (Lipinski definition) is 2. The van der Waals surface area contributed by atoms with E-state index in [0.717, 1.165) is 55.8 Å². The molecular formula is C26H30N4O3S. The largest absolute Gasteiger partial charge is 0.444 e. The molecule has 2 aromatic carbocycles. The Morgan fingerprint density at radius 3 is 2.53 bits per heavy atom. The zero-order valence-corrected chi connectivity index (χ0v) is 19.9. The Bertz CT molecular complexity index is 1080. The van der Waals surface area contributed by atoms with Gasteiger partial charge in [-0.15, -0.1) is 11.8 Å². The molecule has 0 saturated carbocycles. The van der Waals surface area contributed by atoms with Crippen LogP contribution in [-0.2, 0) is 21.8 Å². The monoisotopic (exact) mass is 478 g/mol. The van der Waals surface area contributed by atoms with Crippen LogP contribution in [0.2, 0.25) is 0 Å². The van der Waals surface area contributed by atoms with Crippen LogP contribution in [0.3, 0.4) is 0 Å². The SMILES string of the molecule is NC(=O)C1CCN(CCc2ccc(NC(=O)CSCc3coc(-c4ccccc4)n3)cc2)CC1. The van der Waals surface area contributed by atoms with Gasteiger partial charge in [-0.25, -0.2) is 4.98 Å². The van der Waals surface area contributed by atoms with Crippen molar-refractivity contribution in [3.8, 4) is 11.5 Å². The molecule has 1 aliphatic heterocycles. The number of likely N-dealkylation sites (tertiary alicyclic amines) is 1. The number of piperidine rings is 1. The Hall–Kier alpha value is -3.10. The minimum Gasteiger partial charge on any atom is -0.444 e. The number of thioether (sulfide) groups is 1. The van der Waals surface area contributed by atoms with Gasteiger partial charge in [-0.3, -0.25) is 9.59 Å².